The standard InChI is InChI=1S/C14H15N7O6S/c1-19-4-18-11(21(25)26)14(19)28-12-7-10(15-3-16-12)20(5-17-7)13-9(24)8(23)6(2-22)27-13/h3-6,8-9,13,22-24H,2H2,1H3/t6-,8-,9-,13-/m1/s1. The van der Waals surface area contributed by atoms with Crippen LogP contribution < -0.4 is 0 Å². The molecule has 1 saturated heterocycles. The second kappa shape index (κ2) is 7.06. The lowest BCUT2D eigenvalue weighted by Gasteiger charge is -2.16. The van der Waals surface area contributed by atoms with E-state index in [1.807, 2.05) is 0 Å². The fourth-order valence-electron chi connectivity index (χ4n) is 2.94. The summed E-state index contributed by atoms with van der Waals surface area (Å²) >= 11 is 1.01. The Morgan fingerprint density at radius 3 is 2.71 bits per heavy atom. The molecule has 4 rings (SSSR count). The predicted octanol–water partition coefficient (Wildman–Crippen LogP) is -0.769. The molecule has 148 valence electrons. The van der Waals surface area contributed by atoms with Crippen molar-refractivity contribution in [3.05, 3.63) is 29.1 Å². The Morgan fingerprint density at radius 1 is 1.25 bits per heavy atom. The van der Waals surface area contributed by atoms with Gasteiger partial charge in [0.15, 0.2) is 16.9 Å². The van der Waals surface area contributed by atoms with Crippen LogP contribution in [0.2, 0.25) is 0 Å². The number of ether oxygens (including phenoxy) is 1. The van der Waals surface area contributed by atoms with Gasteiger partial charge in [0, 0.05) is 7.05 Å². The number of imidazole rings is 2. The van der Waals surface area contributed by atoms with E-state index in [0.29, 0.717) is 16.2 Å². The predicted molar refractivity (Wildman–Crippen MR) is 92.3 cm³/mol. The normalized spacial score (nSPS) is 24.9. The summed E-state index contributed by atoms with van der Waals surface area (Å²) < 4.78 is 8.42. The van der Waals surface area contributed by atoms with Crippen molar-refractivity contribution in [3.63, 3.8) is 0 Å². The fourth-order valence-corrected chi connectivity index (χ4v) is 3.88. The molecule has 1 aliphatic heterocycles. The highest BCUT2D eigenvalue weighted by atomic mass is 32.2. The first-order valence-electron chi connectivity index (χ1n) is 8.06. The van der Waals surface area contributed by atoms with Crippen LogP contribution in [0.5, 0.6) is 0 Å². The summed E-state index contributed by atoms with van der Waals surface area (Å²) in [6.07, 6.45) is -0.551. The molecule has 13 nitrogen and oxygen atoms in total. The third-order valence-electron chi connectivity index (χ3n) is 4.35. The second-order valence-electron chi connectivity index (χ2n) is 6.08. The summed E-state index contributed by atoms with van der Waals surface area (Å²) in [4.78, 5) is 26.9. The van der Waals surface area contributed by atoms with Crippen LogP contribution in [0.15, 0.2) is 29.0 Å². The zero-order chi connectivity index (χ0) is 20.0. The van der Waals surface area contributed by atoms with E-state index in [1.165, 1.54) is 28.1 Å². The van der Waals surface area contributed by atoms with Crippen LogP contribution in [0, 0.1) is 10.1 Å². The van der Waals surface area contributed by atoms with E-state index in [4.69, 9.17) is 4.74 Å². The molecule has 1 aliphatic rings. The maximum atomic E-state index is 11.2. The van der Waals surface area contributed by atoms with E-state index >= 15 is 0 Å². The minimum absolute atomic E-state index is 0.271. The first-order valence-corrected chi connectivity index (χ1v) is 8.87. The zero-order valence-electron chi connectivity index (χ0n) is 14.4. The fraction of sp³-hybridized carbons (Fsp3) is 0.429. The second-order valence-corrected chi connectivity index (χ2v) is 7.05. The van der Waals surface area contributed by atoms with Crippen LogP contribution in [0.25, 0.3) is 11.2 Å². The first kappa shape index (κ1) is 18.7. The number of aromatic nitrogens is 6. The highest BCUT2D eigenvalue weighted by Crippen LogP contribution is 2.37. The van der Waals surface area contributed by atoms with E-state index in [9.17, 15) is 25.4 Å². The highest BCUT2D eigenvalue weighted by Gasteiger charge is 2.44. The Labute approximate surface area is 160 Å². The number of nitrogens with zero attached hydrogens (tertiary/aromatic N) is 7. The van der Waals surface area contributed by atoms with E-state index in [2.05, 4.69) is 19.9 Å². The summed E-state index contributed by atoms with van der Waals surface area (Å²) in [6.45, 7) is -0.457. The Hall–Kier alpha value is -2.65. The van der Waals surface area contributed by atoms with E-state index in [1.54, 1.807) is 7.05 Å². The van der Waals surface area contributed by atoms with Gasteiger partial charge in [-0.05, 0) is 21.7 Å². The molecule has 0 radical (unpaired) electrons. The molecule has 0 unspecified atom stereocenters. The van der Waals surface area contributed by atoms with Gasteiger partial charge in [-0.25, -0.2) is 15.0 Å². The van der Waals surface area contributed by atoms with Crippen molar-refractivity contribution < 1.29 is 25.0 Å². The van der Waals surface area contributed by atoms with Crippen molar-refractivity contribution in [3.8, 4) is 0 Å². The minimum Gasteiger partial charge on any atom is -0.394 e. The molecule has 3 N–H and O–H groups in total. The average Bonchev–Trinajstić information content (AvgIpc) is 3.33. The third-order valence-corrected chi connectivity index (χ3v) is 5.50. The summed E-state index contributed by atoms with van der Waals surface area (Å²) in [5, 5.41) is 41.2. The lowest BCUT2D eigenvalue weighted by Crippen LogP contribution is -2.33. The first-order chi connectivity index (χ1) is 13.4. The maximum absolute atomic E-state index is 11.2. The number of nitro groups is 1. The molecule has 0 bridgehead atoms. The molecule has 28 heavy (non-hydrogen) atoms. The number of hydrogen-bond donors (Lipinski definition) is 3. The van der Waals surface area contributed by atoms with Crippen molar-refractivity contribution >= 4 is 28.7 Å². The van der Waals surface area contributed by atoms with Crippen LogP contribution in [0.3, 0.4) is 0 Å². The molecule has 1 fully saturated rings. The molecule has 3 aromatic rings. The highest BCUT2D eigenvalue weighted by molar-refractivity contribution is 7.99. The Balaban J connectivity index is 1.72. The van der Waals surface area contributed by atoms with Gasteiger partial charge >= 0.3 is 5.82 Å². The summed E-state index contributed by atoms with van der Waals surface area (Å²) in [7, 11) is 1.62. The molecule has 4 atom stereocenters. The van der Waals surface area contributed by atoms with Gasteiger partial charge in [-0.3, -0.25) is 4.57 Å². The van der Waals surface area contributed by atoms with Crippen molar-refractivity contribution in [2.75, 3.05) is 6.61 Å². The molecule has 3 aromatic heterocycles. The van der Waals surface area contributed by atoms with Crippen molar-refractivity contribution in [2.24, 2.45) is 7.05 Å². The van der Waals surface area contributed by atoms with Crippen molar-refractivity contribution in [1.82, 2.24) is 29.1 Å². The van der Waals surface area contributed by atoms with Gasteiger partial charge in [0.05, 0.1) is 12.9 Å². The van der Waals surface area contributed by atoms with Gasteiger partial charge in [-0.2, -0.15) is 0 Å². The molecular formula is C14H15N7O6S. The van der Waals surface area contributed by atoms with E-state index < -0.39 is 36.1 Å². The lowest BCUT2D eigenvalue weighted by molar-refractivity contribution is -0.392. The molecule has 4 heterocycles. The SMILES string of the molecule is Cn1cnc([N+](=O)[O-])c1Sc1ncnc2c1ncn2[C@@H]1O[C@H](CO)[C@@H](O)[C@H]1O. The topological polar surface area (TPSA) is 174 Å². The van der Waals surface area contributed by atoms with Crippen LogP contribution >= 0.6 is 11.8 Å². The lowest BCUT2D eigenvalue weighted by atomic mass is 10.1. The molecule has 0 aliphatic carbocycles. The van der Waals surface area contributed by atoms with Crippen molar-refractivity contribution in [1.29, 1.82) is 0 Å². The van der Waals surface area contributed by atoms with Crippen LogP contribution in [-0.4, -0.2) is 74.2 Å². The van der Waals surface area contributed by atoms with Gasteiger partial charge in [0.25, 0.3) is 0 Å². The van der Waals surface area contributed by atoms with Crippen LogP contribution in [-0.2, 0) is 11.8 Å². The average molecular weight is 409 g/mol. The Morgan fingerprint density at radius 2 is 2.04 bits per heavy atom. The van der Waals surface area contributed by atoms with E-state index in [0.717, 1.165) is 11.8 Å². The number of aliphatic hydroxyl groups excluding tert-OH is 3. The largest absolute Gasteiger partial charge is 0.396 e. The minimum atomic E-state index is -1.29. The molecule has 0 amide bonds. The van der Waals surface area contributed by atoms with Gasteiger partial charge in [0.1, 0.15) is 35.2 Å². The number of fused-ring (bicyclic) bond motifs is 1. The molecular weight excluding hydrogens is 394 g/mol. The smallest absolute Gasteiger partial charge is 0.394 e. The number of hydrogen-bond acceptors (Lipinski definition) is 11. The number of rotatable bonds is 5. The zero-order valence-corrected chi connectivity index (χ0v) is 15.2. The summed E-state index contributed by atoms with van der Waals surface area (Å²) in [5.74, 6) is -0.304. The Bertz CT molecular complexity index is 1040. The summed E-state index contributed by atoms with van der Waals surface area (Å²) in [5.41, 5.74) is 0.637. The quantitative estimate of drug-likeness (QED) is 0.274. The molecule has 14 heteroatoms. The van der Waals surface area contributed by atoms with Gasteiger partial charge in [0.2, 0.25) is 6.33 Å². The number of aryl methyl sites for hydroxylation is 1. The van der Waals surface area contributed by atoms with Crippen LogP contribution in [0.1, 0.15) is 6.23 Å². The van der Waals surface area contributed by atoms with Gasteiger partial charge < -0.3 is 34.7 Å². The molecule has 0 saturated carbocycles. The maximum Gasteiger partial charge on any atom is 0.396 e. The van der Waals surface area contributed by atoms with Crippen molar-refractivity contribution in [2.45, 2.75) is 34.6 Å². The molecule has 0 aromatic carbocycles. The number of aliphatic hydroxyl groups is 3. The van der Waals surface area contributed by atoms with E-state index in [-0.39, 0.29) is 10.8 Å². The molecule has 0 spiro atoms. The monoisotopic (exact) mass is 409 g/mol. The van der Waals surface area contributed by atoms with Crippen LogP contribution in [0.4, 0.5) is 5.82 Å². The van der Waals surface area contributed by atoms with Gasteiger partial charge in [-0.1, -0.05) is 0 Å². The third kappa shape index (κ3) is 2.91. The Kier molecular flexibility index (Phi) is 4.72. The summed E-state index contributed by atoms with van der Waals surface area (Å²) in [6, 6.07) is 0. The van der Waals surface area contributed by atoms with Gasteiger partial charge in [-0.15, -0.1) is 0 Å².